The van der Waals surface area contributed by atoms with Crippen molar-refractivity contribution in [2.24, 2.45) is 0 Å². The monoisotopic (exact) mass is 361 g/mol. The molecule has 0 bridgehead atoms. The van der Waals surface area contributed by atoms with Gasteiger partial charge in [-0.25, -0.2) is 8.42 Å². The lowest BCUT2D eigenvalue weighted by Gasteiger charge is -2.17. The van der Waals surface area contributed by atoms with E-state index < -0.39 is 9.84 Å². The number of nitrogens with zero attached hydrogens (tertiary/aromatic N) is 3. The standard InChI is InChI=1S/C18H23N3O3S/c1-13(2)17-16(18(22)20(3)14-7-5-4-6-8-14)11-21(19-17)15-9-10-25(23,24)12-15/h4-8,11,13,15H,9-10,12H2,1-3H3. The minimum Gasteiger partial charge on any atom is -0.311 e. The maximum Gasteiger partial charge on any atom is 0.261 e. The molecular weight excluding hydrogens is 338 g/mol. The van der Waals surface area contributed by atoms with E-state index in [1.807, 2.05) is 44.2 Å². The lowest BCUT2D eigenvalue weighted by Crippen LogP contribution is -2.26. The zero-order valence-corrected chi connectivity index (χ0v) is 15.5. The van der Waals surface area contributed by atoms with Gasteiger partial charge in [0.1, 0.15) is 0 Å². The van der Waals surface area contributed by atoms with Crippen molar-refractivity contribution in [3.05, 3.63) is 47.8 Å². The molecule has 0 spiro atoms. The van der Waals surface area contributed by atoms with Gasteiger partial charge in [0, 0.05) is 18.9 Å². The van der Waals surface area contributed by atoms with Crippen molar-refractivity contribution < 1.29 is 13.2 Å². The van der Waals surface area contributed by atoms with Crippen LogP contribution in [0.3, 0.4) is 0 Å². The summed E-state index contributed by atoms with van der Waals surface area (Å²) in [7, 11) is -1.27. The first kappa shape index (κ1) is 17.7. The largest absolute Gasteiger partial charge is 0.311 e. The highest BCUT2D eigenvalue weighted by Crippen LogP contribution is 2.27. The number of carbonyl (C=O) groups is 1. The minimum absolute atomic E-state index is 0.0717. The lowest BCUT2D eigenvalue weighted by atomic mass is 10.1. The Balaban J connectivity index is 1.94. The van der Waals surface area contributed by atoms with E-state index in [-0.39, 0.29) is 29.4 Å². The van der Waals surface area contributed by atoms with Crippen molar-refractivity contribution in [2.45, 2.75) is 32.2 Å². The fourth-order valence-corrected chi connectivity index (χ4v) is 4.82. The molecule has 2 aromatic rings. The minimum atomic E-state index is -3.00. The summed E-state index contributed by atoms with van der Waals surface area (Å²) in [5, 5.41) is 4.56. The number of hydrogen-bond acceptors (Lipinski definition) is 4. The van der Waals surface area contributed by atoms with Crippen molar-refractivity contribution in [1.82, 2.24) is 9.78 Å². The molecule has 1 atom stereocenters. The molecule has 2 heterocycles. The van der Waals surface area contributed by atoms with E-state index in [0.29, 0.717) is 17.7 Å². The normalized spacial score (nSPS) is 19.3. The van der Waals surface area contributed by atoms with Crippen LogP contribution in [0.4, 0.5) is 5.69 Å². The Morgan fingerprint density at radius 3 is 2.52 bits per heavy atom. The Hall–Kier alpha value is -2.15. The Bertz CT molecular complexity index is 872. The Morgan fingerprint density at radius 1 is 1.28 bits per heavy atom. The Labute approximate surface area is 148 Å². The van der Waals surface area contributed by atoms with Crippen LogP contribution in [0, 0.1) is 0 Å². The van der Waals surface area contributed by atoms with Crippen molar-refractivity contribution >= 4 is 21.4 Å². The first-order valence-electron chi connectivity index (χ1n) is 8.41. The number of anilines is 1. The number of amides is 1. The van der Waals surface area contributed by atoms with Crippen LogP contribution in [0.5, 0.6) is 0 Å². The highest BCUT2D eigenvalue weighted by atomic mass is 32.2. The summed E-state index contributed by atoms with van der Waals surface area (Å²) in [6, 6.07) is 9.23. The van der Waals surface area contributed by atoms with E-state index in [0.717, 1.165) is 5.69 Å². The van der Waals surface area contributed by atoms with Crippen LogP contribution in [0.25, 0.3) is 0 Å². The van der Waals surface area contributed by atoms with Gasteiger partial charge in [0.25, 0.3) is 5.91 Å². The van der Waals surface area contributed by atoms with E-state index in [1.165, 1.54) is 0 Å². The van der Waals surface area contributed by atoms with Crippen LogP contribution in [0.1, 0.15) is 48.3 Å². The average Bonchev–Trinajstić information content (AvgIpc) is 3.17. The molecule has 1 aliphatic heterocycles. The molecule has 1 aromatic heterocycles. The molecule has 1 aromatic carbocycles. The Kier molecular flexibility index (Phi) is 4.69. The summed E-state index contributed by atoms with van der Waals surface area (Å²) < 4.78 is 25.2. The van der Waals surface area contributed by atoms with Crippen molar-refractivity contribution in [2.75, 3.05) is 23.5 Å². The first-order chi connectivity index (χ1) is 11.8. The molecule has 1 aliphatic rings. The molecule has 134 valence electrons. The van der Waals surface area contributed by atoms with Crippen LogP contribution < -0.4 is 4.90 Å². The van der Waals surface area contributed by atoms with Gasteiger partial charge < -0.3 is 4.90 Å². The van der Waals surface area contributed by atoms with Gasteiger partial charge in [-0.05, 0) is 24.5 Å². The topological polar surface area (TPSA) is 72.3 Å². The third kappa shape index (κ3) is 3.61. The average molecular weight is 361 g/mol. The van der Waals surface area contributed by atoms with E-state index in [2.05, 4.69) is 5.10 Å². The maximum absolute atomic E-state index is 13.0. The maximum atomic E-state index is 13.0. The molecule has 3 rings (SSSR count). The molecule has 0 aliphatic carbocycles. The third-order valence-electron chi connectivity index (χ3n) is 4.57. The smallest absolute Gasteiger partial charge is 0.261 e. The van der Waals surface area contributed by atoms with E-state index in [4.69, 9.17) is 0 Å². The predicted octanol–water partition coefficient (Wildman–Crippen LogP) is 2.64. The number of aromatic nitrogens is 2. The van der Waals surface area contributed by atoms with Gasteiger partial charge in [-0.3, -0.25) is 9.48 Å². The predicted molar refractivity (Wildman–Crippen MR) is 97.8 cm³/mol. The fraction of sp³-hybridized carbons (Fsp3) is 0.444. The fourth-order valence-electron chi connectivity index (χ4n) is 3.12. The zero-order valence-electron chi connectivity index (χ0n) is 14.7. The van der Waals surface area contributed by atoms with Gasteiger partial charge >= 0.3 is 0 Å². The number of para-hydroxylation sites is 1. The summed E-state index contributed by atoms with van der Waals surface area (Å²) in [5.74, 6) is 0.209. The van der Waals surface area contributed by atoms with E-state index in [1.54, 1.807) is 22.8 Å². The molecule has 0 N–H and O–H groups in total. The second-order valence-electron chi connectivity index (χ2n) is 6.82. The Morgan fingerprint density at radius 2 is 1.96 bits per heavy atom. The van der Waals surface area contributed by atoms with Crippen LogP contribution in [0.2, 0.25) is 0 Å². The second-order valence-corrected chi connectivity index (χ2v) is 9.05. The molecule has 6 nitrogen and oxygen atoms in total. The summed E-state index contributed by atoms with van der Waals surface area (Å²) in [6.45, 7) is 3.97. The number of benzene rings is 1. The van der Waals surface area contributed by atoms with Crippen molar-refractivity contribution in [3.63, 3.8) is 0 Å². The van der Waals surface area contributed by atoms with E-state index in [9.17, 15) is 13.2 Å². The summed E-state index contributed by atoms with van der Waals surface area (Å²) in [5.41, 5.74) is 2.04. The van der Waals surface area contributed by atoms with Gasteiger partial charge in [-0.2, -0.15) is 5.10 Å². The molecule has 25 heavy (non-hydrogen) atoms. The van der Waals surface area contributed by atoms with Gasteiger partial charge in [0.05, 0.1) is 28.8 Å². The summed E-state index contributed by atoms with van der Waals surface area (Å²) in [6.07, 6.45) is 2.26. The zero-order chi connectivity index (χ0) is 18.2. The molecule has 7 heteroatoms. The van der Waals surface area contributed by atoms with Crippen molar-refractivity contribution in [1.29, 1.82) is 0 Å². The number of sulfone groups is 1. The van der Waals surface area contributed by atoms with Crippen LogP contribution in [0.15, 0.2) is 36.5 Å². The second kappa shape index (κ2) is 6.63. The van der Waals surface area contributed by atoms with E-state index >= 15 is 0 Å². The molecule has 0 radical (unpaired) electrons. The molecular formula is C18H23N3O3S. The van der Waals surface area contributed by atoms with Gasteiger partial charge in [0.2, 0.25) is 0 Å². The van der Waals surface area contributed by atoms with Crippen LogP contribution in [-0.2, 0) is 9.84 Å². The number of rotatable bonds is 4. The third-order valence-corrected chi connectivity index (χ3v) is 6.32. The molecule has 1 unspecified atom stereocenters. The summed E-state index contributed by atoms with van der Waals surface area (Å²) >= 11 is 0. The van der Waals surface area contributed by atoms with Gasteiger partial charge in [-0.15, -0.1) is 0 Å². The first-order valence-corrected chi connectivity index (χ1v) is 10.2. The highest BCUT2D eigenvalue weighted by Gasteiger charge is 2.32. The van der Waals surface area contributed by atoms with Gasteiger partial charge in [0.15, 0.2) is 9.84 Å². The quantitative estimate of drug-likeness (QED) is 0.839. The molecule has 0 saturated carbocycles. The van der Waals surface area contributed by atoms with Gasteiger partial charge in [-0.1, -0.05) is 32.0 Å². The highest BCUT2D eigenvalue weighted by molar-refractivity contribution is 7.91. The lowest BCUT2D eigenvalue weighted by molar-refractivity contribution is 0.0991. The van der Waals surface area contributed by atoms with Crippen molar-refractivity contribution in [3.8, 4) is 0 Å². The number of carbonyl (C=O) groups excluding carboxylic acids is 1. The molecule has 1 amide bonds. The number of hydrogen-bond donors (Lipinski definition) is 0. The SMILES string of the molecule is CC(C)c1nn(C2CCS(=O)(=O)C2)cc1C(=O)N(C)c1ccccc1. The molecule has 1 fully saturated rings. The van der Waals surface area contributed by atoms with Crippen LogP contribution in [-0.4, -0.2) is 42.7 Å². The molecule has 1 saturated heterocycles. The summed E-state index contributed by atoms with van der Waals surface area (Å²) in [4.78, 5) is 14.6. The van der Waals surface area contributed by atoms with Crippen LogP contribution >= 0.6 is 0 Å².